The predicted molar refractivity (Wildman–Crippen MR) is 137 cm³/mol. The molecule has 0 unspecified atom stereocenters. The van der Waals surface area contributed by atoms with Crippen LogP contribution in [-0.2, 0) is 32.5 Å². The minimum atomic E-state index is -5.11. The molecular formula is C26H23F6N3O5S2. The van der Waals surface area contributed by atoms with Crippen LogP contribution in [0, 0.1) is 0 Å². The summed E-state index contributed by atoms with van der Waals surface area (Å²) in [5.74, 6) is -0.555. The lowest BCUT2D eigenvalue weighted by atomic mass is 10.1. The fraction of sp³-hybridized carbons (Fsp3) is 0.308. The number of likely N-dealkylation sites (tertiary alicyclic amines) is 1. The van der Waals surface area contributed by atoms with Crippen molar-refractivity contribution in [1.82, 2.24) is 14.6 Å². The van der Waals surface area contributed by atoms with Gasteiger partial charge in [0, 0.05) is 31.0 Å². The molecule has 2 heterocycles. The van der Waals surface area contributed by atoms with Crippen LogP contribution in [0.15, 0.2) is 81.5 Å². The van der Waals surface area contributed by atoms with Crippen LogP contribution >= 0.6 is 0 Å². The Labute approximate surface area is 237 Å². The van der Waals surface area contributed by atoms with Gasteiger partial charge in [0.1, 0.15) is 0 Å². The van der Waals surface area contributed by atoms with Gasteiger partial charge in [-0.15, -0.1) is 0 Å². The first kappa shape index (κ1) is 31.4. The molecule has 0 bridgehead atoms. The van der Waals surface area contributed by atoms with Gasteiger partial charge < -0.3 is 4.90 Å². The second-order valence-electron chi connectivity index (χ2n) is 9.49. The maximum atomic E-state index is 13.8. The van der Waals surface area contributed by atoms with E-state index in [0.717, 1.165) is 12.3 Å². The number of halogens is 6. The number of sulfonamides is 1. The standard InChI is InChI=1S/C26H23F6N3O5S2/c27-25(28,29)15-19-7-6-17(16-33-19)24(36)35-12-10-18(11-13-35)34-42(39,40)23-14-21(8-9-22(23)26(30,31)32)41(37,38)20-4-2-1-3-5-20/h1-9,14,16,18,34H,10-13,15H2. The van der Waals surface area contributed by atoms with Gasteiger partial charge in [-0.25, -0.2) is 21.6 Å². The highest BCUT2D eigenvalue weighted by Gasteiger charge is 2.39. The fourth-order valence-corrected chi connectivity index (χ4v) is 7.33. The van der Waals surface area contributed by atoms with Gasteiger partial charge >= 0.3 is 12.4 Å². The monoisotopic (exact) mass is 635 g/mol. The minimum absolute atomic E-state index is 0.00785. The van der Waals surface area contributed by atoms with E-state index in [0.29, 0.717) is 18.2 Å². The lowest BCUT2D eigenvalue weighted by Crippen LogP contribution is -2.46. The van der Waals surface area contributed by atoms with Crippen molar-refractivity contribution in [2.75, 3.05) is 13.1 Å². The number of pyridine rings is 1. The van der Waals surface area contributed by atoms with E-state index in [1.165, 1.54) is 41.3 Å². The molecule has 1 amide bonds. The van der Waals surface area contributed by atoms with Crippen LogP contribution in [0.2, 0.25) is 0 Å². The Morgan fingerprint density at radius 3 is 2.07 bits per heavy atom. The SMILES string of the molecule is O=C(c1ccc(CC(F)(F)F)nc1)N1CCC(NS(=O)(=O)c2cc(S(=O)(=O)c3ccccc3)ccc2C(F)(F)F)CC1. The second-order valence-corrected chi connectivity index (χ2v) is 13.1. The molecule has 226 valence electrons. The first-order valence-electron chi connectivity index (χ1n) is 12.3. The van der Waals surface area contributed by atoms with Gasteiger partial charge in [0.25, 0.3) is 5.91 Å². The van der Waals surface area contributed by atoms with E-state index in [2.05, 4.69) is 9.71 Å². The first-order chi connectivity index (χ1) is 19.5. The Morgan fingerprint density at radius 1 is 0.881 bits per heavy atom. The van der Waals surface area contributed by atoms with Crippen molar-refractivity contribution in [2.45, 2.75) is 52.3 Å². The molecule has 42 heavy (non-hydrogen) atoms. The lowest BCUT2D eigenvalue weighted by molar-refractivity contribution is -0.140. The van der Waals surface area contributed by atoms with Crippen LogP contribution in [0.4, 0.5) is 26.3 Å². The smallest absolute Gasteiger partial charge is 0.338 e. The number of nitrogens with zero attached hydrogens (tertiary/aromatic N) is 2. The molecule has 8 nitrogen and oxygen atoms in total. The number of carbonyl (C=O) groups excluding carboxylic acids is 1. The zero-order chi connectivity index (χ0) is 30.9. The third-order valence-corrected chi connectivity index (χ3v) is 9.80. The number of alkyl halides is 6. The molecule has 3 aromatic rings. The summed E-state index contributed by atoms with van der Waals surface area (Å²) in [5, 5.41) is 0. The molecule has 1 aromatic heterocycles. The van der Waals surface area contributed by atoms with E-state index in [9.17, 15) is 48.0 Å². The number of nitrogens with one attached hydrogen (secondary N) is 1. The summed E-state index contributed by atoms with van der Waals surface area (Å²) >= 11 is 0. The van der Waals surface area contributed by atoms with E-state index in [4.69, 9.17) is 0 Å². The maximum Gasteiger partial charge on any atom is 0.417 e. The zero-order valence-electron chi connectivity index (χ0n) is 21.5. The Balaban J connectivity index is 1.50. The van der Waals surface area contributed by atoms with Gasteiger partial charge in [-0.05, 0) is 55.3 Å². The number of rotatable bonds is 7. The second kappa shape index (κ2) is 11.6. The summed E-state index contributed by atoms with van der Waals surface area (Å²) in [4.78, 5) is 15.6. The van der Waals surface area contributed by atoms with E-state index in [1.54, 1.807) is 0 Å². The van der Waals surface area contributed by atoms with Crippen LogP contribution < -0.4 is 4.72 Å². The van der Waals surface area contributed by atoms with Crippen LogP contribution in [0.1, 0.15) is 34.5 Å². The van der Waals surface area contributed by atoms with Gasteiger partial charge in [-0.3, -0.25) is 9.78 Å². The normalized spacial score (nSPS) is 15.5. The third-order valence-electron chi connectivity index (χ3n) is 6.47. The van der Waals surface area contributed by atoms with E-state index in [-0.39, 0.29) is 42.1 Å². The molecule has 0 atom stereocenters. The van der Waals surface area contributed by atoms with Crippen LogP contribution in [0.5, 0.6) is 0 Å². The van der Waals surface area contributed by atoms with Crippen molar-refractivity contribution in [3.8, 4) is 0 Å². The number of sulfone groups is 1. The molecule has 0 aliphatic carbocycles. The van der Waals surface area contributed by atoms with Crippen molar-refractivity contribution in [1.29, 1.82) is 0 Å². The van der Waals surface area contributed by atoms with Crippen molar-refractivity contribution < 1.29 is 48.0 Å². The molecule has 4 rings (SSSR count). The van der Waals surface area contributed by atoms with Gasteiger partial charge in [0.15, 0.2) is 0 Å². The molecule has 0 saturated carbocycles. The summed E-state index contributed by atoms with van der Waals surface area (Å²) in [6, 6.07) is 9.76. The van der Waals surface area contributed by atoms with Crippen LogP contribution in [0.25, 0.3) is 0 Å². The highest BCUT2D eigenvalue weighted by molar-refractivity contribution is 7.91. The molecule has 0 spiro atoms. The summed E-state index contributed by atoms with van der Waals surface area (Å²) < 4.78 is 133. The van der Waals surface area contributed by atoms with Gasteiger partial charge in [-0.1, -0.05) is 18.2 Å². The number of amides is 1. The molecule has 16 heteroatoms. The number of aromatic nitrogens is 1. The Kier molecular flexibility index (Phi) is 8.72. The number of hydrogen-bond acceptors (Lipinski definition) is 6. The molecular weight excluding hydrogens is 612 g/mol. The number of benzene rings is 2. The topological polar surface area (TPSA) is 114 Å². The van der Waals surface area contributed by atoms with Gasteiger partial charge in [0.05, 0.1) is 32.2 Å². The van der Waals surface area contributed by atoms with Crippen molar-refractivity contribution in [2.24, 2.45) is 0 Å². The highest BCUT2D eigenvalue weighted by Crippen LogP contribution is 2.36. The number of hydrogen-bond donors (Lipinski definition) is 1. The summed E-state index contributed by atoms with van der Waals surface area (Å²) in [6.07, 6.45) is -9.82. The Morgan fingerprint density at radius 2 is 1.52 bits per heavy atom. The largest absolute Gasteiger partial charge is 0.417 e. The lowest BCUT2D eigenvalue weighted by Gasteiger charge is -2.32. The number of piperidine rings is 1. The maximum absolute atomic E-state index is 13.8. The molecule has 1 aliphatic rings. The molecule has 2 aromatic carbocycles. The van der Waals surface area contributed by atoms with Gasteiger partial charge in [-0.2, -0.15) is 26.3 Å². The summed E-state index contributed by atoms with van der Waals surface area (Å²) in [7, 11) is -9.22. The van der Waals surface area contributed by atoms with Gasteiger partial charge in [0.2, 0.25) is 19.9 Å². The molecule has 1 fully saturated rings. The Hall–Kier alpha value is -3.50. The first-order valence-corrected chi connectivity index (χ1v) is 15.3. The Bertz CT molecular complexity index is 1650. The minimum Gasteiger partial charge on any atom is -0.338 e. The van der Waals surface area contributed by atoms with Crippen LogP contribution in [-0.4, -0.2) is 57.9 Å². The van der Waals surface area contributed by atoms with Crippen LogP contribution in [0.3, 0.4) is 0 Å². The van der Waals surface area contributed by atoms with E-state index >= 15 is 0 Å². The van der Waals surface area contributed by atoms with Crippen molar-refractivity contribution in [3.05, 3.63) is 83.7 Å². The summed E-state index contributed by atoms with van der Waals surface area (Å²) in [5.41, 5.74) is -1.80. The fourth-order valence-electron chi connectivity index (χ4n) is 4.39. The van der Waals surface area contributed by atoms with E-state index in [1.807, 2.05) is 0 Å². The van der Waals surface area contributed by atoms with Crippen molar-refractivity contribution in [3.63, 3.8) is 0 Å². The highest BCUT2D eigenvalue weighted by atomic mass is 32.2. The molecule has 1 saturated heterocycles. The van der Waals surface area contributed by atoms with E-state index < -0.39 is 65.9 Å². The molecule has 1 N–H and O–H groups in total. The third kappa shape index (κ3) is 7.28. The average molecular weight is 636 g/mol. The zero-order valence-corrected chi connectivity index (χ0v) is 23.1. The van der Waals surface area contributed by atoms with Crippen molar-refractivity contribution >= 4 is 25.8 Å². The average Bonchev–Trinajstić information content (AvgIpc) is 2.92. The quantitative estimate of drug-likeness (QED) is 0.379. The molecule has 1 aliphatic heterocycles. The number of carbonyl (C=O) groups is 1. The molecule has 0 radical (unpaired) electrons. The predicted octanol–water partition coefficient (Wildman–Crippen LogP) is 4.62. The summed E-state index contributed by atoms with van der Waals surface area (Å²) in [6.45, 7) is -0.0181.